The van der Waals surface area contributed by atoms with Crippen LogP contribution >= 0.6 is 0 Å². The SMILES string of the molecule is CCOc1ccccc1N(CC(=O)N(Cc1cccc(C)c1)C(C)C(=O)NC)S(=O)(=O)c1ccc(C)cc1. The molecule has 0 fully saturated rings. The summed E-state index contributed by atoms with van der Waals surface area (Å²) in [6.45, 7) is 7.17. The van der Waals surface area contributed by atoms with Crippen molar-refractivity contribution in [3.8, 4) is 5.75 Å². The third-order valence-corrected chi connectivity index (χ3v) is 7.94. The zero-order valence-corrected chi connectivity index (χ0v) is 23.3. The van der Waals surface area contributed by atoms with Crippen LogP contribution in [0.5, 0.6) is 5.75 Å². The monoisotopic (exact) mass is 537 g/mol. The summed E-state index contributed by atoms with van der Waals surface area (Å²) >= 11 is 0. The molecule has 0 aliphatic carbocycles. The third kappa shape index (κ3) is 6.72. The number of nitrogens with one attached hydrogen (secondary N) is 1. The second-order valence-corrected chi connectivity index (χ2v) is 10.9. The smallest absolute Gasteiger partial charge is 0.264 e. The average molecular weight is 538 g/mol. The highest BCUT2D eigenvalue weighted by molar-refractivity contribution is 7.92. The number of benzene rings is 3. The quantitative estimate of drug-likeness (QED) is 0.398. The van der Waals surface area contributed by atoms with Crippen LogP contribution in [-0.4, -0.2) is 51.4 Å². The third-order valence-electron chi connectivity index (χ3n) is 6.17. The molecule has 202 valence electrons. The van der Waals surface area contributed by atoms with Crippen molar-refractivity contribution < 1.29 is 22.7 Å². The number of sulfonamides is 1. The maximum absolute atomic E-state index is 13.9. The predicted molar refractivity (Wildman–Crippen MR) is 149 cm³/mol. The van der Waals surface area contributed by atoms with Crippen LogP contribution in [-0.2, 0) is 26.2 Å². The molecule has 0 aromatic heterocycles. The number of rotatable bonds is 11. The van der Waals surface area contributed by atoms with Gasteiger partial charge in [-0.15, -0.1) is 0 Å². The van der Waals surface area contributed by atoms with Crippen LogP contribution in [0.2, 0.25) is 0 Å². The van der Waals surface area contributed by atoms with Gasteiger partial charge in [-0.25, -0.2) is 8.42 Å². The Balaban J connectivity index is 2.09. The summed E-state index contributed by atoms with van der Waals surface area (Å²) < 4.78 is 34.7. The average Bonchev–Trinajstić information content (AvgIpc) is 2.90. The molecule has 1 atom stereocenters. The van der Waals surface area contributed by atoms with Gasteiger partial charge in [-0.05, 0) is 57.5 Å². The molecule has 8 nitrogen and oxygen atoms in total. The van der Waals surface area contributed by atoms with Crippen LogP contribution in [0, 0.1) is 13.8 Å². The van der Waals surface area contributed by atoms with E-state index in [0.717, 1.165) is 21.0 Å². The maximum atomic E-state index is 13.9. The highest BCUT2D eigenvalue weighted by Gasteiger charge is 2.33. The van der Waals surface area contributed by atoms with Gasteiger partial charge in [0.2, 0.25) is 11.8 Å². The summed E-state index contributed by atoms with van der Waals surface area (Å²) in [5.74, 6) is -0.540. The molecule has 0 radical (unpaired) electrons. The molecule has 1 unspecified atom stereocenters. The number of carbonyl (C=O) groups is 2. The Morgan fingerprint density at radius 2 is 1.63 bits per heavy atom. The molecule has 38 heavy (non-hydrogen) atoms. The lowest BCUT2D eigenvalue weighted by atomic mass is 10.1. The number of carbonyl (C=O) groups excluding carboxylic acids is 2. The highest BCUT2D eigenvalue weighted by Crippen LogP contribution is 2.33. The Hall–Kier alpha value is -3.85. The molecule has 2 amide bonds. The van der Waals surface area contributed by atoms with E-state index in [1.165, 1.54) is 24.1 Å². The maximum Gasteiger partial charge on any atom is 0.264 e. The second kappa shape index (κ2) is 12.6. The topological polar surface area (TPSA) is 96.0 Å². The Labute approximate surface area is 225 Å². The van der Waals surface area contributed by atoms with E-state index in [0.29, 0.717) is 12.4 Å². The summed E-state index contributed by atoms with van der Waals surface area (Å²) in [4.78, 5) is 27.9. The number of likely N-dealkylation sites (N-methyl/N-ethyl adjacent to an activating group) is 1. The number of para-hydroxylation sites is 2. The Morgan fingerprint density at radius 1 is 0.947 bits per heavy atom. The van der Waals surface area contributed by atoms with Gasteiger partial charge < -0.3 is 15.0 Å². The van der Waals surface area contributed by atoms with Gasteiger partial charge in [0, 0.05) is 13.6 Å². The van der Waals surface area contributed by atoms with E-state index in [9.17, 15) is 18.0 Å². The van der Waals surface area contributed by atoms with E-state index in [2.05, 4.69) is 5.32 Å². The van der Waals surface area contributed by atoms with E-state index in [1.807, 2.05) is 38.1 Å². The fourth-order valence-corrected chi connectivity index (χ4v) is 5.51. The zero-order chi connectivity index (χ0) is 27.9. The number of aryl methyl sites for hydroxylation is 2. The first kappa shape index (κ1) is 28.7. The van der Waals surface area contributed by atoms with Gasteiger partial charge in [0.05, 0.1) is 17.2 Å². The fraction of sp³-hybridized carbons (Fsp3) is 0.310. The summed E-state index contributed by atoms with van der Waals surface area (Å²) in [5.41, 5.74) is 2.99. The van der Waals surface area contributed by atoms with Crippen molar-refractivity contribution in [3.63, 3.8) is 0 Å². The van der Waals surface area contributed by atoms with Crippen molar-refractivity contribution in [2.24, 2.45) is 0 Å². The molecule has 0 saturated heterocycles. The van der Waals surface area contributed by atoms with E-state index in [-0.39, 0.29) is 23.0 Å². The van der Waals surface area contributed by atoms with Crippen LogP contribution in [0.15, 0.2) is 77.7 Å². The van der Waals surface area contributed by atoms with Gasteiger partial charge in [0.1, 0.15) is 18.3 Å². The molecule has 1 N–H and O–H groups in total. The number of ether oxygens (including phenoxy) is 1. The summed E-state index contributed by atoms with van der Waals surface area (Å²) in [5, 5.41) is 2.58. The second-order valence-electron chi connectivity index (χ2n) is 9.03. The number of hydrogen-bond acceptors (Lipinski definition) is 5. The minimum absolute atomic E-state index is 0.0479. The first-order chi connectivity index (χ1) is 18.1. The van der Waals surface area contributed by atoms with Crippen molar-refractivity contribution in [1.82, 2.24) is 10.2 Å². The number of nitrogens with zero attached hydrogens (tertiary/aromatic N) is 2. The van der Waals surface area contributed by atoms with Crippen molar-refractivity contribution in [1.29, 1.82) is 0 Å². The molecule has 0 saturated carbocycles. The van der Waals surface area contributed by atoms with Gasteiger partial charge >= 0.3 is 0 Å². The fourth-order valence-electron chi connectivity index (χ4n) is 4.09. The van der Waals surface area contributed by atoms with E-state index in [4.69, 9.17) is 4.74 Å². The lowest BCUT2D eigenvalue weighted by molar-refractivity contribution is -0.139. The molecule has 3 aromatic carbocycles. The molecule has 0 bridgehead atoms. The summed E-state index contributed by atoms with van der Waals surface area (Å²) in [6.07, 6.45) is 0. The van der Waals surface area contributed by atoms with Crippen LogP contribution in [0.3, 0.4) is 0 Å². The molecule has 3 rings (SSSR count). The lowest BCUT2D eigenvalue weighted by Gasteiger charge is -2.32. The Morgan fingerprint density at radius 3 is 2.26 bits per heavy atom. The first-order valence-corrected chi connectivity index (χ1v) is 13.9. The molecule has 0 aliphatic rings. The molecule has 9 heteroatoms. The van der Waals surface area contributed by atoms with Crippen LogP contribution in [0.1, 0.15) is 30.5 Å². The van der Waals surface area contributed by atoms with Gasteiger partial charge in [-0.2, -0.15) is 0 Å². The number of anilines is 1. The van der Waals surface area contributed by atoms with Crippen molar-refractivity contribution in [2.45, 2.75) is 45.2 Å². The van der Waals surface area contributed by atoms with E-state index in [1.54, 1.807) is 50.2 Å². The highest BCUT2D eigenvalue weighted by atomic mass is 32.2. The van der Waals surface area contributed by atoms with E-state index >= 15 is 0 Å². The molecular formula is C29H35N3O5S. The van der Waals surface area contributed by atoms with Crippen molar-refractivity contribution >= 4 is 27.5 Å². The van der Waals surface area contributed by atoms with Gasteiger partial charge in [-0.1, -0.05) is 59.7 Å². The predicted octanol–water partition coefficient (Wildman–Crippen LogP) is 4.06. The van der Waals surface area contributed by atoms with Crippen molar-refractivity contribution in [2.75, 3.05) is 24.5 Å². The van der Waals surface area contributed by atoms with Gasteiger partial charge in [0.15, 0.2) is 0 Å². The molecular weight excluding hydrogens is 502 g/mol. The minimum atomic E-state index is -4.17. The van der Waals surface area contributed by atoms with E-state index < -0.39 is 28.5 Å². The zero-order valence-electron chi connectivity index (χ0n) is 22.5. The van der Waals surface area contributed by atoms with Crippen LogP contribution < -0.4 is 14.4 Å². The lowest BCUT2D eigenvalue weighted by Crippen LogP contribution is -2.50. The van der Waals surface area contributed by atoms with Crippen LogP contribution in [0.25, 0.3) is 0 Å². The van der Waals surface area contributed by atoms with Gasteiger partial charge in [0.25, 0.3) is 10.0 Å². The number of hydrogen-bond donors (Lipinski definition) is 1. The Kier molecular flexibility index (Phi) is 9.52. The minimum Gasteiger partial charge on any atom is -0.492 e. The molecule has 0 aliphatic heterocycles. The molecule has 3 aromatic rings. The summed E-state index contributed by atoms with van der Waals surface area (Å²) in [7, 11) is -2.67. The molecule has 0 spiro atoms. The van der Waals surface area contributed by atoms with Crippen LogP contribution in [0.4, 0.5) is 5.69 Å². The summed E-state index contributed by atoms with van der Waals surface area (Å²) in [6, 6.07) is 19.9. The van der Waals surface area contributed by atoms with Gasteiger partial charge in [-0.3, -0.25) is 13.9 Å². The molecule has 0 heterocycles. The van der Waals surface area contributed by atoms with Crippen molar-refractivity contribution in [3.05, 3.63) is 89.5 Å². The number of amides is 2. The standard InChI is InChI=1S/C29H35N3O5S/c1-6-37-27-13-8-7-12-26(27)32(38(35,36)25-16-14-21(2)15-17-25)20-28(33)31(23(4)29(34)30-5)19-24-11-9-10-22(3)18-24/h7-18,23H,6,19-20H2,1-5H3,(H,30,34). The Bertz CT molecular complexity index is 1370. The first-order valence-electron chi connectivity index (χ1n) is 12.5. The normalized spacial score (nSPS) is 11.9. The largest absolute Gasteiger partial charge is 0.492 e.